The van der Waals surface area contributed by atoms with E-state index in [1.165, 1.54) is 0 Å². The molecule has 0 saturated heterocycles. The van der Waals surface area contributed by atoms with Crippen LogP contribution in [-0.2, 0) is 6.42 Å². The molecule has 19 heavy (non-hydrogen) atoms. The molecule has 0 spiro atoms. The third-order valence-corrected chi connectivity index (χ3v) is 3.39. The van der Waals surface area contributed by atoms with E-state index < -0.39 is 0 Å². The Bertz CT molecular complexity index is 587. The maximum atomic E-state index is 6.17. The molecule has 0 aliphatic rings. The largest absolute Gasteiger partial charge is 0.454 e. The summed E-state index contributed by atoms with van der Waals surface area (Å²) < 4.78 is 5.67. The highest BCUT2D eigenvalue weighted by Crippen LogP contribution is 2.35. The van der Waals surface area contributed by atoms with Gasteiger partial charge in [-0.1, -0.05) is 40.9 Å². The molecule has 0 aliphatic heterocycles. The lowest BCUT2D eigenvalue weighted by Crippen LogP contribution is -2.02. The number of hydrogen-bond acceptors (Lipinski definition) is 2. The zero-order chi connectivity index (χ0) is 13.8. The molecule has 0 aromatic heterocycles. The fourth-order valence-electron chi connectivity index (χ4n) is 1.62. The number of rotatable bonds is 4. The highest BCUT2D eigenvalue weighted by atomic mass is 35.5. The smallest absolute Gasteiger partial charge is 0.147 e. The van der Waals surface area contributed by atoms with Crippen molar-refractivity contribution in [3.05, 3.63) is 57.0 Å². The van der Waals surface area contributed by atoms with Crippen LogP contribution in [0.15, 0.2) is 36.4 Å². The van der Waals surface area contributed by atoms with Gasteiger partial charge in [-0.3, -0.25) is 0 Å². The summed E-state index contributed by atoms with van der Waals surface area (Å²) in [6.45, 7) is 0.580. The van der Waals surface area contributed by atoms with Crippen LogP contribution in [0, 0.1) is 0 Å². The fraction of sp³-hybridized carbons (Fsp3) is 0.143. The van der Waals surface area contributed by atoms with Crippen LogP contribution in [0.1, 0.15) is 5.56 Å². The maximum Gasteiger partial charge on any atom is 0.147 e. The normalized spacial score (nSPS) is 10.5. The molecule has 0 bridgehead atoms. The molecule has 0 radical (unpaired) electrons. The first-order chi connectivity index (χ1) is 9.10. The molecule has 2 N–H and O–H groups in total. The van der Waals surface area contributed by atoms with E-state index >= 15 is 0 Å². The molecule has 2 aromatic rings. The van der Waals surface area contributed by atoms with E-state index in [1.54, 1.807) is 24.3 Å². The predicted octanol–water partition coefficient (Wildman–Crippen LogP) is 4.94. The average molecular weight is 317 g/mol. The second-order valence-electron chi connectivity index (χ2n) is 3.98. The van der Waals surface area contributed by atoms with Crippen molar-refractivity contribution in [2.75, 3.05) is 6.54 Å². The Morgan fingerprint density at radius 2 is 1.68 bits per heavy atom. The molecule has 2 nitrogen and oxygen atoms in total. The highest BCUT2D eigenvalue weighted by molar-refractivity contribution is 6.34. The van der Waals surface area contributed by atoms with Crippen LogP contribution < -0.4 is 10.5 Å². The lowest BCUT2D eigenvalue weighted by molar-refractivity contribution is 0.483. The number of nitrogens with two attached hydrogens (primary N) is 1. The zero-order valence-corrected chi connectivity index (χ0v) is 12.3. The van der Waals surface area contributed by atoms with E-state index in [0.29, 0.717) is 33.1 Å². The molecule has 0 unspecified atom stereocenters. The standard InChI is InChI=1S/C14H12Cl3NO/c15-10-2-3-11(16)14(8-10)19-13-4-1-9(5-6-18)7-12(13)17/h1-4,7-8H,5-6,18H2. The van der Waals surface area contributed by atoms with E-state index in [9.17, 15) is 0 Å². The van der Waals surface area contributed by atoms with Gasteiger partial charge in [0.2, 0.25) is 0 Å². The Hall–Kier alpha value is -0.930. The van der Waals surface area contributed by atoms with Crippen LogP contribution in [0.2, 0.25) is 15.1 Å². The first-order valence-corrected chi connectivity index (χ1v) is 6.85. The van der Waals surface area contributed by atoms with Gasteiger partial charge in [0.25, 0.3) is 0 Å². The summed E-state index contributed by atoms with van der Waals surface area (Å²) in [5.74, 6) is 1.01. The molecule has 0 atom stereocenters. The van der Waals surface area contributed by atoms with Gasteiger partial charge in [-0.15, -0.1) is 0 Å². The van der Waals surface area contributed by atoms with Gasteiger partial charge in [0.1, 0.15) is 11.5 Å². The summed E-state index contributed by atoms with van der Waals surface area (Å²) in [6.07, 6.45) is 0.776. The molecular formula is C14H12Cl3NO. The maximum absolute atomic E-state index is 6.17. The second kappa shape index (κ2) is 6.49. The monoisotopic (exact) mass is 315 g/mol. The van der Waals surface area contributed by atoms with Crippen LogP contribution in [0.3, 0.4) is 0 Å². The molecule has 0 aliphatic carbocycles. The first kappa shape index (κ1) is 14.5. The summed E-state index contributed by atoms with van der Waals surface area (Å²) in [7, 11) is 0. The van der Waals surface area contributed by atoms with E-state index in [4.69, 9.17) is 45.3 Å². The van der Waals surface area contributed by atoms with Gasteiger partial charge >= 0.3 is 0 Å². The van der Waals surface area contributed by atoms with Crippen molar-refractivity contribution in [3.8, 4) is 11.5 Å². The Labute approximate surface area is 127 Å². The highest BCUT2D eigenvalue weighted by Gasteiger charge is 2.08. The van der Waals surface area contributed by atoms with Gasteiger partial charge < -0.3 is 10.5 Å². The summed E-state index contributed by atoms with van der Waals surface area (Å²) in [4.78, 5) is 0. The van der Waals surface area contributed by atoms with Crippen LogP contribution >= 0.6 is 34.8 Å². The Morgan fingerprint density at radius 3 is 2.37 bits per heavy atom. The van der Waals surface area contributed by atoms with Crippen molar-refractivity contribution >= 4 is 34.8 Å². The fourth-order valence-corrected chi connectivity index (χ4v) is 2.18. The van der Waals surface area contributed by atoms with Gasteiger partial charge in [0, 0.05) is 11.1 Å². The lowest BCUT2D eigenvalue weighted by atomic mass is 10.1. The summed E-state index contributed by atoms with van der Waals surface area (Å²) >= 11 is 18.1. The topological polar surface area (TPSA) is 35.2 Å². The van der Waals surface area contributed by atoms with Crippen LogP contribution in [0.4, 0.5) is 0 Å². The minimum Gasteiger partial charge on any atom is -0.454 e. The van der Waals surface area contributed by atoms with E-state index in [0.717, 1.165) is 12.0 Å². The van der Waals surface area contributed by atoms with Crippen molar-refractivity contribution in [2.24, 2.45) is 5.73 Å². The van der Waals surface area contributed by atoms with Crippen LogP contribution in [0.5, 0.6) is 11.5 Å². The van der Waals surface area contributed by atoms with E-state index in [1.807, 2.05) is 12.1 Å². The molecule has 2 aromatic carbocycles. The van der Waals surface area contributed by atoms with Crippen molar-refractivity contribution < 1.29 is 4.74 Å². The summed E-state index contributed by atoms with van der Waals surface area (Å²) in [6, 6.07) is 10.6. The molecule has 0 heterocycles. The Balaban J connectivity index is 2.25. The van der Waals surface area contributed by atoms with E-state index in [-0.39, 0.29) is 0 Å². The second-order valence-corrected chi connectivity index (χ2v) is 5.23. The van der Waals surface area contributed by atoms with Gasteiger partial charge in [-0.05, 0) is 42.8 Å². The summed E-state index contributed by atoms with van der Waals surface area (Å²) in [5.41, 5.74) is 6.57. The number of ether oxygens (including phenoxy) is 1. The van der Waals surface area contributed by atoms with Gasteiger partial charge in [-0.25, -0.2) is 0 Å². The number of benzene rings is 2. The van der Waals surface area contributed by atoms with Crippen LogP contribution in [-0.4, -0.2) is 6.54 Å². The van der Waals surface area contributed by atoms with Crippen molar-refractivity contribution in [1.82, 2.24) is 0 Å². The molecular weight excluding hydrogens is 305 g/mol. The molecule has 0 amide bonds. The SMILES string of the molecule is NCCc1ccc(Oc2cc(Cl)ccc2Cl)c(Cl)c1. The molecule has 5 heteroatoms. The first-order valence-electron chi connectivity index (χ1n) is 5.71. The van der Waals surface area contributed by atoms with Crippen molar-refractivity contribution in [2.45, 2.75) is 6.42 Å². The minimum absolute atomic E-state index is 0.475. The van der Waals surface area contributed by atoms with Crippen molar-refractivity contribution in [1.29, 1.82) is 0 Å². The number of hydrogen-bond donors (Lipinski definition) is 1. The van der Waals surface area contributed by atoms with Crippen molar-refractivity contribution in [3.63, 3.8) is 0 Å². The van der Waals surface area contributed by atoms with Gasteiger partial charge in [-0.2, -0.15) is 0 Å². The predicted molar refractivity (Wildman–Crippen MR) is 80.7 cm³/mol. The summed E-state index contributed by atoms with van der Waals surface area (Å²) in [5, 5.41) is 1.55. The zero-order valence-electron chi connectivity index (χ0n) is 10.00. The quantitative estimate of drug-likeness (QED) is 0.867. The molecule has 100 valence electrons. The Morgan fingerprint density at radius 1 is 0.895 bits per heavy atom. The Kier molecular flexibility index (Phi) is 4.94. The minimum atomic E-state index is 0.475. The third-order valence-electron chi connectivity index (χ3n) is 2.54. The van der Waals surface area contributed by atoms with Crippen LogP contribution in [0.25, 0.3) is 0 Å². The lowest BCUT2D eigenvalue weighted by Gasteiger charge is -2.10. The van der Waals surface area contributed by atoms with Gasteiger partial charge in [0.15, 0.2) is 0 Å². The number of halogens is 3. The third kappa shape index (κ3) is 3.77. The average Bonchev–Trinajstić information content (AvgIpc) is 2.37. The van der Waals surface area contributed by atoms with Gasteiger partial charge in [0.05, 0.1) is 10.0 Å². The molecule has 0 saturated carbocycles. The molecule has 0 fully saturated rings. The molecule has 2 rings (SSSR count). The van der Waals surface area contributed by atoms with E-state index in [2.05, 4.69) is 0 Å².